The lowest BCUT2D eigenvalue weighted by molar-refractivity contribution is -0.00823. The molecule has 0 aliphatic rings. The fourth-order valence-corrected chi connectivity index (χ4v) is 0.595. The largest absolute Gasteiger partial charge is 0.379 e. The molecule has 0 aromatic carbocycles. The van der Waals surface area contributed by atoms with Gasteiger partial charge in [-0.05, 0) is 13.8 Å². The minimum atomic E-state index is -0.921. The summed E-state index contributed by atoms with van der Waals surface area (Å²) >= 11 is 0. The highest BCUT2D eigenvalue weighted by Gasteiger charge is 2.20. The molecule has 1 N–H and O–H groups in total. The molecule has 3 nitrogen and oxygen atoms in total. The van der Waals surface area contributed by atoms with E-state index in [0.29, 0.717) is 6.42 Å². The molecule has 0 radical (unpaired) electrons. The average molecular weight is 143 g/mol. The number of rotatable bonds is 3. The monoisotopic (exact) mass is 143 g/mol. The fraction of sp³-hybridized carbons (Fsp3) is 0.857. The minimum Gasteiger partial charge on any atom is -0.379 e. The highest BCUT2D eigenvalue weighted by molar-refractivity contribution is 4.87. The van der Waals surface area contributed by atoms with Crippen molar-refractivity contribution in [3.8, 4) is 6.07 Å². The second-order valence-electron chi connectivity index (χ2n) is 2.81. The van der Waals surface area contributed by atoms with Gasteiger partial charge in [0.15, 0.2) is 0 Å². The predicted octanol–water partition coefficient (Wildman–Crippen LogP) is 0.686. The van der Waals surface area contributed by atoms with Gasteiger partial charge < -0.3 is 9.84 Å². The summed E-state index contributed by atoms with van der Waals surface area (Å²) in [4.78, 5) is 0. The van der Waals surface area contributed by atoms with Crippen molar-refractivity contribution >= 4 is 0 Å². The normalized spacial score (nSPS) is 14.3. The van der Waals surface area contributed by atoms with Crippen molar-refractivity contribution in [3.63, 3.8) is 0 Å². The topological polar surface area (TPSA) is 53.2 Å². The van der Waals surface area contributed by atoms with Gasteiger partial charge in [0, 0.05) is 13.5 Å². The molecule has 0 spiro atoms. The number of aliphatic hydroxyl groups is 1. The van der Waals surface area contributed by atoms with Crippen LogP contribution in [0.2, 0.25) is 0 Å². The van der Waals surface area contributed by atoms with Crippen LogP contribution in [0.15, 0.2) is 0 Å². The van der Waals surface area contributed by atoms with Crippen LogP contribution < -0.4 is 0 Å². The molecule has 1 unspecified atom stereocenters. The first-order valence-electron chi connectivity index (χ1n) is 3.14. The molecule has 58 valence electrons. The third kappa shape index (κ3) is 3.44. The Balaban J connectivity index is 3.79. The first-order chi connectivity index (χ1) is 4.52. The van der Waals surface area contributed by atoms with Crippen molar-refractivity contribution in [2.75, 3.05) is 7.11 Å². The summed E-state index contributed by atoms with van der Waals surface area (Å²) in [6, 6.07) is 1.73. The van der Waals surface area contributed by atoms with Crippen LogP contribution in [-0.2, 0) is 4.74 Å². The minimum absolute atomic E-state index is 0.347. The summed E-state index contributed by atoms with van der Waals surface area (Å²) in [5.41, 5.74) is -0.408. The van der Waals surface area contributed by atoms with Gasteiger partial charge in [0.2, 0.25) is 0 Å². The molecular weight excluding hydrogens is 130 g/mol. The molecule has 0 aliphatic carbocycles. The van der Waals surface area contributed by atoms with E-state index in [-0.39, 0.29) is 0 Å². The van der Waals surface area contributed by atoms with Gasteiger partial charge in [-0.2, -0.15) is 5.26 Å². The van der Waals surface area contributed by atoms with Crippen molar-refractivity contribution in [1.29, 1.82) is 5.26 Å². The molecule has 0 amide bonds. The first kappa shape index (κ1) is 9.41. The molecule has 3 heteroatoms. The van der Waals surface area contributed by atoms with E-state index in [2.05, 4.69) is 0 Å². The van der Waals surface area contributed by atoms with Crippen LogP contribution in [-0.4, -0.2) is 23.9 Å². The Labute approximate surface area is 61.2 Å². The molecular formula is C7H13NO2. The Bertz CT molecular complexity index is 137. The molecule has 0 fully saturated rings. The summed E-state index contributed by atoms with van der Waals surface area (Å²) in [5.74, 6) is 0. The summed E-state index contributed by atoms with van der Waals surface area (Å²) in [6.07, 6.45) is -0.574. The first-order valence-corrected chi connectivity index (χ1v) is 3.14. The lowest BCUT2D eigenvalue weighted by atomic mass is 10.0. The Hall–Kier alpha value is -0.590. The molecule has 0 saturated carbocycles. The second-order valence-corrected chi connectivity index (χ2v) is 2.81. The lowest BCUT2D eigenvalue weighted by Gasteiger charge is -2.22. The van der Waals surface area contributed by atoms with E-state index in [1.807, 2.05) is 13.8 Å². The van der Waals surface area contributed by atoms with Crippen LogP contribution in [0.4, 0.5) is 0 Å². The molecule has 1 atom stereocenters. The van der Waals surface area contributed by atoms with Crippen LogP contribution in [0.5, 0.6) is 0 Å². The second kappa shape index (κ2) is 3.55. The quantitative estimate of drug-likeness (QED) is 0.591. The maximum Gasteiger partial charge on any atom is 0.143 e. The Morgan fingerprint density at radius 3 is 2.50 bits per heavy atom. The SMILES string of the molecule is COC(C)(C)CC(O)C#N. The predicted molar refractivity (Wildman–Crippen MR) is 37.3 cm³/mol. The zero-order chi connectivity index (χ0) is 8.20. The number of nitriles is 1. The third-order valence-corrected chi connectivity index (χ3v) is 1.39. The van der Waals surface area contributed by atoms with Crippen LogP contribution >= 0.6 is 0 Å². The molecule has 0 aromatic rings. The van der Waals surface area contributed by atoms with E-state index in [9.17, 15) is 0 Å². The van der Waals surface area contributed by atoms with E-state index in [1.165, 1.54) is 0 Å². The number of ether oxygens (including phenoxy) is 1. The summed E-state index contributed by atoms with van der Waals surface area (Å²) in [7, 11) is 1.56. The van der Waals surface area contributed by atoms with Gasteiger partial charge in [0.25, 0.3) is 0 Å². The van der Waals surface area contributed by atoms with Crippen molar-refractivity contribution in [3.05, 3.63) is 0 Å². The molecule has 0 heterocycles. The number of hydrogen-bond donors (Lipinski definition) is 1. The Morgan fingerprint density at radius 1 is 1.70 bits per heavy atom. The third-order valence-electron chi connectivity index (χ3n) is 1.39. The van der Waals surface area contributed by atoms with Gasteiger partial charge in [-0.1, -0.05) is 0 Å². The van der Waals surface area contributed by atoms with Gasteiger partial charge >= 0.3 is 0 Å². The average Bonchev–Trinajstić information content (AvgIpc) is 1.87. The smallest absolute Gasteiger partial charge is 0.143 e. The fourth-order valence-electron chi connectivity index (χ4n) is 0.595. The van der Waals surface area contributed by atoms with E-state index >= 15 is 0 Å². The number of methoxy groups -OCH3 is 1. The van der Waals surface area contributed by atoms with Gasteiger partial charge in [-0.3, -0.25) is 0 Å². The van der Waals surface area contributed by atoms with Gasteiger partial charge in [-0.25, -0.2) is 0 Å². The van der Waals surface area contributed by atoms with Gasteiger partial charge in [0.1, 0.15) is 6.10 Å². The van der Waals surface area contributed by atoms with Crippen molar-refractivity contribution in [2.24, 2.45) is 0 Å². The Morgan fingerprint density at radius 2 is 2.20 bits per heavy atom. The number of nitrogens with zero attached hydrogens (tertiary/aromatic N) is 1. The van der Waals surface area contributed by atoms with Crippen LogP contribution in [0.3, 0.4) is 0 Å². The molecule has 0 bridgehead atoms. The highest BCUT2D eigenvalue weighted by atomic mass is 16.5. The summed E-state index contributed by atoms with van der Waals surface area (Å²) < 4.78 is 5.00. The molecule has 0 aromatic heterocycles. The standard InChI is InChI=1S/C7H13NO2/c1-7(2,10-3)4-6(9)5-8/h6,9H,4H2,1-3H3. The Kier molecular flexibility index (Phi) is 3.34. The van der Waals surface area contributed by atoms with Gasteiger partial charge in [-0.15, -0.1) is 0 Å². The summed E-state index contributed by atoms with van der Waals surface area (Å²) in [5, 5.41) is 17.1. The van der Waals surface area contributed by atoms with E-state index in [1.54, 1.807) is 13.2 Å². The van der Waals surface area contributed by atoms with E-state index in [4.69, 9.17) is 15.1 Å². The zero-order valence-corrected chi connectivity index (χ0v) is 6.59. The van der Waals surface area contributed by atoms with Crippen molar-refractivity contribution < 1.29 is 9.84 Å². The number of aliphatic hydroxyl groups excluding tert-OH is 1. The maximum atomic E-state index is 8.88. The molecule has 0 aliphatic heterocycles. The van der Waals surface area contributed by atoms with Crippen LogP contribution in [0.25, 0.3) is 0 Å². The molecule has 0 rings (SSSR count). The maximum absolute atomic E-state index is 8.88. The van der Waals surface area contributed by atoms with Crippen LogP contribution in [0, 0.1) is 11.3 Å². The van der Waals surface area contributed by atoms with Gasteiger partial charge in [0.05, 0.1) is 11.7 Å². The van der Waals surface area contributed by atoms with E-state index in [0.717, 1.165) is 0 Å². The summed E-state index contributed by atoms with van der Waals surface area (Å²) in [6.45, 7) is 3.65. The number of hydrogen-bond acceptors (Lipinski definition) is 3. The highest BCUT2D eigenvalue weighted by Crippen LogP contribution is 2.14. The molecule has 10 heavy (non-hydrogen) atoms. The van der Waals surface area contributed by atoms with E-state index < -0.39 is 11.7 Å². The van der Waals surface area contributed by atoms with Crippen molar-refractivity contribution in [2.45, 2.75) is 32.0 Å². The zero-order valence-electron chi connectivity index (χ0n) is 6.59. The molecule has 0 saturated heterocycles. The van der Waals surface area contributed by atoms with Crippen LogP contribution in [0.1, 0.15) is 20.3 Å². The lowest BCUT2D eigenvalue weighted by Crippen LogP contribution is -2.27. The van der Waals surface area contributed by atoms with Crippen molar-refractivity contribution in [1.82, 2.24) is 0 Å².